The van der Waals surface area contributed by atoms with Gasteiger partial charge in [0.15, 0.2) is 0 Å². The largest absolute Gasteiger partial charge is 0.337 e. The first kappa shape index (κ1) is 16.3. The summed E-state index contributed by atoms with van der Waals surface area (Å²) in [5.74, 6) is 0.0574. The predicted octanol–water partition coefficient (Wildman–Crippen LogP) is 4.56. The molecule has 1 amide bonds. The summed E-state index contributed by atoms with van der Waals surface area (Å²) in [7, 11) is 1.85. The Balaban J connectivity index is 2.10. The van der Waals surface area contributed by atoms with Crippen LogP contribution in [0.5, 0.6) is 0 Å². The molecule has 0 aliphatic rings. The van der Waals surface area contributed by atoms with Crippen LogP contribution in [0.15, 0.2) is 48.5 Å². The van der Waals surface area contributed by atoms with Crippen LogP contribution >= 0.6 is 0 Å². The van der Waals surface area contributed by atoms with Gasteiger partial charge in [0, 0.05) is 19.2 Å². The van der Waals surface area contributed by atoms with E-state index in [0.717, 1.165) is 11.1 Å². The van der Waals surface area contributed by atoms with Gasteiger partial charge in [-0.2, -0.15) is 0 Å². The van der Waals surface area contributed by atoms with Crippen molar-refractivity contribution in [1.29, 1.82) is 0 Å². The van der Waals surface area contributed by atoms with Gasteiger partial charge in [-0.25, -0.2) is 0 Å². The van der Waals surface area contributed by atoms with Crippen molar-refractivity contribution < 1.29 is 4.79 Å². The highest BCUT2D eigenvalue weighted by molar-refractivity contribution is 5.94. The van der Waals surface area contributed by atoms with Crippen molar-refractivity contribution in [3.8, 4) is 0 Å². The number of amides is 1. The molecule has 0 aliphatic carbocycles. The summed E-state index contributed by atoms with van der Waals surface area (Å²) in [6, 6.07) is 16.2. The fourth-order valence-corrected chi connectivity index (χ4v) is 2.49. The van der Waals surface area contributed by atoms with Gasteiger partial charge in [-0.05, 0) is 35.6 Å². The molecule has 2 aromatic carbocycles. The summed E-state index contributed by atoms with van der Waals surface area (Å²) in [5.41, 5.74) is 4.46. The molecule has 0 aliphatic heterocycles. The van der Waals surface area contributed by atoms with Crippen LogP contribution in [0.3, 0.4) is 0 Å². The van der Waals surface area contributed by atoms with Gasteiger partial charge < -0.3 is 4.90 Å². The number of hydrogen-bond donors (Lipinski definition) is 0. The van der Waals surface area contributed by atoms with Gasteiger partial charge in [0.25, 0.3) is 5.91 Å². The zero-order chi connectivity index (χ0) is 16.3. The van der Waals surface area contributed by atoms with Gasteiger partial charge in [-0.3, -0.25) is 4.79 Å². The average Bonchev–Trinajstić information content (AvgIpc) is 2.45. The highest BCUT2D eigenvalue weighted by atomic mass is 16.2. The van der Waals surface area contributed by atoms with Crippen molar-refractivity contribution in [3.05, 3.63) is 70.8 Å². The van der Waals surface area contributed by atoms with Crippen LogP contribution in [0, 0.1) is 6.92 Å². The van der Waals surface area contributed by atoms with E-state index in [1.807, 2.05) is 37.4 Å². The van der Waals surface area contributed by atoms with E-state index < -0.39 is 0 Å². The maximum Gasteiger partial charge on any atom is 0.253 e. The Bertz CT molecular complexity index is 650. The van der Waals surface area contributed by atoms with Gasteiger partial charge in [0.2, 0.25) is 0 Å². The highest BCUT2D eigenvalue weighted by Gasteiger charge is 2.16. The second kappa shape index (κ2) is 6.35. The molecular weight excluding hydrogens is 270 g/mol. The summed E-state index contributed by atoms with van der Waals surface area (Å²) in [4.78, 5) is 14.3. The number of carbonyl (C=O) groups is 1. The molecule has 0 unspecified atom stereocenters. The van der Waals surface area contributed by atoms with Crippen molar-refractivity contribution in [3.63, 3.8) is 0 Å². The van der Waals surface area contributed by atoms with Crippen LogP contribution in [0.4, 0.5) is 0 Å². The molecular formula is C20H25NO. The summed E-state index contributed by atoms with van der Waals surface area (Å²) in [6.45, 7) is 9.22. The Morgan fingerprint density at radius 3 is 2.23 bits per heavy atom. The van der Waals surface area contributed by atoms with E-state index in [1.54, 1.807) is 4.90 Å². The number of benzene rings is 2. The minimum absolute atomic E-state index is 0.0574. The number of aryl methyl sites for hydroxylation is 1. The highest BCUT2D eigenvalue weighted by Crippen LogP contribution is 2.22. The molecule has 0 spiro atoms. The lowest BCUT2D eigenvalue weighted by molar-refractivity contribution is 0.0785. The molecule has 0 saturated heterocycles. The minimum atomic E-state index is 0.0574. The van der Waals surface area contributed by atoms with Crippen LogP contribution in [0.1, 0.15) is 47.8 Å². The first-order valence-electron chi connectivity index (χ1n) is 7.69. The summed E-state index contributed by atoms with van der Waals surface area (Å²) in [5, 5.41) is 0. The molecule has 0 saturated carbocycles. The van der Waals surface area contributed by atoms with Crippen molar-refractivity contribution >= 4 is 5.91 Å². The summed E-state index contributed by atoms with van der Waals surface area (Å²) < 4.78 is 0. The SMILES string of the molecule is Cc1cccc(CN(C)C(=O)c2ccc(C(C)(C)C)cc2)c1. The molecule has 2 aromatic rings. The molecule has 22 heavy (non-hydrogen) atoms. The molecule has 0 heterocycles. The lowest BCUT2D eigenvalue weighted by Crippen LogP contribution is -2.26. The Labute approximate surface area is 133 Å². The van der Waals surface area contributed by atoms with Crippen LogP contribution in [-0.4, -0.2) is 17.9 Å². The second-order valence-corrected chi connectivity index (χ2v) is 6.98. The van der Waals surface area contributed by atoms with Gasteiger partial charge in [-0.1, -0.05) is 62.7 Å². The predicted molar refractivity (Wildman–Crippen MR) is 92.1 cm³/mol. The van der Waals surface area contributed by atoms with Crippen LogP contribution in [0.2, 0.25) is 0 Å². The van der Waals surface area contributed by atoms with Crippen LogP contribution in [-0.2, 0) is 12.0 Å². The van der Waals surface area contributed by atoms with Crippen molar-refractivity contribution in [2.24, 2.45) is 0 Å². The minimum Gasteiger partial charge on any atom is -0.337 e. The Kier molecular flexibility index (Phi) is 4.70. The monoisotopic (exact) mass is 295 g/mol. The fraction of sp³-hybridized carbons (Fsp3) is 0.350. The molecule has 0 atom stereocenters. The lowest BCUT2D eigenvalue weighted by atomic mass is 9.86. The topological polar surface area (TPSA) is 20.3 Å². The van der Waals surface area contributed by atoms with Gasteiger partial charge in [0.1, 0.15) is 0 Å². The van der Waals surface area contributed by atoms with E-state index in [2.05, 4.69) is 45.9 Å². The van der Waals surface area contributed by atoms with E-state index >= 15 is 0 Å². The van der Waals surface area contributed by atoms with E-state index in [9.17, 15) is 4.79 Å². The molecule has 116 valence electrons. The third kappa shape index (κ3) is 3.97. The summed E-state index contributed by atoms with van der Waals surface area (Å²) >= 11 is 0. The molecule has 2 nitrogen and oxygen atoms in total. The van der Waals surface area contributed by atoms with E-state index in [0.29, 0.717) is 6.54 Å². The normalized spacial score (nSPS) is 11.3. The van der Waals surface area contributed by atoms with Gasteiger partial charge in [-0.15, -0.1) is 0 Å². The van der Waals surface area contributed by atoms with Crippen LogP contribution < -0.4 is 0 Å². The van der Waals surface area contributed by atoms with Gasteiger partial charge in [0.05, 0.1) is 0 Å². The smallest absolute Gasteiger partial charge is 0.253 e. The molecule has 0 N–H and O–H groups in total. The summed E-state index contributed by atoms with van der Waals surface area (Å²) in [6.07, 6.45) is 0. The lowest BCUT2D eigenvalue weighted by Gasteiger charge is -2.21. The quantitative estimate of drug-likeness (QED) is 0.812. The van der Waals surface area contributed by atoms with E-state index in [1.165, 1.54) is 11.1 Å². The fourth-order valence-electron chi connectivity index (χ4n) is 2.49. The molecule has 2 rings (SSSR count). The Morgan fingerprint density at radius 1 is 1.05 bits per heavy atom. The third-order valence-corrected chi connectivity index (χ3v) is 3.85. The number of nitrogens with zero attached hydrogens (tertiary/aromatic N) is 1. The molecule has 0 bridgehead atoms. The molecule has 0 radical (unpaired) electrons. The molecule has 2 heteroatoms. The van der Waals surface area contributed by atoms with Gasteiger partial charge >= 0.3 is 0 Å². The van der Waals surface area contributed by atoms with Crippen molar-refractivity contribution in [2.75, 3.05) is 7.05 Å². The average molecular weight is 295 g/mol. The zero-order valence-corrected chi connectivity index (χ0v) is 14.2. The van der Waals surface area contributed by atoms with Crippen molar-refractivity contribution in [1.82, 2.24) is 4.90 Å². The Morgan fingerprint density at radius 2 is 1.68 bits per heavy atom. The maximum atomic E-state index is 12.5. The maximum absolute atomic E-state index is 12.5. The van der Waals surface area contributed by atoms with Crippen molar-refractivity contribution in [2.45, 2.75) is 39.7 Å². The van der Waals surface area contributed by atoms with E-state index in [4.69, 9.17) is 0 Å². The number of hydrogen-bond acceptors (Lipinski definition) is 1. The second-order valence-electron chi connectivity index (χ2n) is 6.98. The standard InChI is InChI=1S/C20H25NO/c1-15-7-6-8-16(13-15)14-21(5)19(22)17-9-11-18(12-10-17)20(2,3)4/h6-13H,14H2,1-5H3. The first-order valence-corrected chi connectivity index (χ1v) is 7.69. The van der Waals surface area contributed by atoms with Crippen LogP contribution in [0.25, 0.3) is 0 Å². The number of carbonyl (C=O) groups excluding carboxylic acids is 1. The molecule has 0 fully saturated rings. The first-order chi connectivity index (χ1) is 10.3. The molecule has 0 aromatic heterocycles. The number of rotatable bonds is 3. The zero-order valence-electron chi connectivity index (χ0n) is 14.2. The van der Waals surface area contributed by atoms with E-state index in [-0.39, 0.29) is 11.3 Å². The third-order valence-electron chi connectivity index (χ3n) is 3.85. The Hall–Kier alpha value is -2.09.